The first-order chi connectivity index (χ1) is 11.1. The molecule has 0 saturated carbocycles. The number of nitrogens with one attached hydrogen (secondary N) is 1. The van der Waals surface area contributed by atoms with Gasteiger partial charge in [-0.05, 0) is 29.3 Å². The number of hydrogen-bond donors (Lipinski definition) is 1. The molecule has 0 unspecified atom stereocenters. The van der Waals surface area contributed by atoms with Crippen LogP contribution in [0.1, 0.15) is 5.56 Å². The largest absolute Gasteiger partial charge is 0.263 e. The van der Waals surface area contributed by atoms with Crippen LogP contribution in [0.4, 0.5) is 0 Å². The van der Waals surface area contributed by atoms with Crippen LogP contribution < -0.4 is 4.72 Å². The van der Waals surface area contributed by atoms with Gasteiger partial charge in [0, 0.05) is 24.5 Å². The quantitative estimate of drug-likeness (QED) is 0.775. The standard InChI is InChI=1S/C16H14N4O2S/c21-23(22,16-2-1-8-17-12-16)20-10-13-3-5-14(6-4-13)15-7-9-18-19-11-15/h1-9,11-12,20H,10H2. The molecule has 6 nitrogen and oxygen atoms in total. The number of rotatable bonds is 5. The normalized spacial score (nSPS) is 11.3. The van der Waals surface area contributed by atoms with E-state index >= 15 is 0 Å². The van der Waals surface area contributed by atoms with Crippen LogP contribution in [-0.2, 0) is 16.6 Å². The molecule has 7 heteroatoms. The van der Waals surface area contributed by atoms with Crippen molar-refractivity contribution in [2.45, 2.75) is 11.4 Å². The molecule has 1 N–H and O–H groups in total. The maximum absolute atomic E-state index is 12.1. The van der Waals surface area contributed by atoms with E-state index in [0.717, 1.165) is 16.7 Å². The molecule has 0 saturated heterocycles. The topological polar surface area (TPSA) is 84.8 Å². The van der Waals surface area contributed by atoms with Crippen molar-refractivity contribution in [1.82, 2.24) is 19.9 Å². The van der Waals surface area contributed by atoms with Crippen molar-refractivity contribution < 1.29 is 8.42 Å². The molecule has 3 aromatic rings. The second kappa shape index (κ2) is 6.64. The maximum Gasteiger partial charge on any atom is 0.242 e. The molecule has 2 aromatic heterocycles. The van der Waals surface area contributed by atoms with Crippen LogP contribution in [-0.4, -0.2) is 23.6 Å². The molecule has 23 heavy (non-hydrogen) atoms. The van der Waals surface area contributed by atoms with Crippen molar-refractivity contribution in [3.63, 3.8) is 0 Å². The van der Waals surface area contributed by atoms with Crippen molar-refractivity contribution in [2.24, 2.45) is 0 Å². The molecular formula is C16H14N4O2S. The third-order valence-electron chi connectivity index (χ3n) is 3.28. The van der Waals surface area contributed by atoms with E-state index in [-0.39, 0.29) is 11.4 Å². The fourth-order valence-electron chi connectivity index (χ4n) is 2.04. The zero-order valence-electron chi connectivity index (χ0n) is 12.1. The van der Waals surface area contributed by atoms with E-state index in [4.69, 9.17) is 0 Å². The van der Waals surface area contributed by atoms with Gasteiger partial charge in [0.25, 0.3) is 0 Å². The summed E-state index contributed by atoms with van der Waals surface area (Å²) in [7, 11) is -3.55. The molecule has 0 atom stereocenters. The van der Waals surface area contributed by atoms with Gasteiger partial charge in [0.15, 0.2) is 0 Å². The monoisotopic (exact) mass is 326 g/mol. The summed E-state index contributed by atoms with van der Waals surface area (Å²) in [6.07, 6.45) is 6.17. The lowest BCUT2D eigenvalue weighted by Gasteiger charge is -2.07. The fraction of sp³-hybridized carbons (Fsp3) is 0.0625. The zero-order valence-corrected chi connectivity index (χ0v) is 12.9. The van der Waals surface area contributed by atoms with Crippen LogP contribution in [0.15, 0.2) is 72.1 Å². The van der Waals surface area contributed by atoms with E-state index in [1.165, 1.54) is 18.5 Å². The third-order valence-corrected chi connectivity index (χ3v) is 4.67. The van der Waals surface area contributed by atoms with Gasteiger partial charge in [-0.3, -0.25) is 4.98 Å². The molecule has 0 spiro atoms. The SMILES string of the molecule is O=S(=O)(NCc1ccc(-c2ccnnc2)cc1)c1cccnc1. The highest BCUT2D eigenvalue weighted by atomic mass is 32.2. The third kappa shape index (κ3) is 3.77. The van der Waals surface area contributed by atoms with Crippen LogP contribution >= 0.6 is 0 Å². The van der Waals surface area contributed by atoms with Gasteiger partial charge in [-0.2, -0.15) is 10.2 Å². The summed E-state index contributed by atoms with van der Waals surface area (Å²) in [6.45, 7) is 0.214. The Hall–Kier alpha value is -2.64. The Morgan fingerprint density at radius 2 is 1.70 bits per heavy atom. The summed E-state index contributed by atoms with van der Waals surface area (Å²) in [6, 6.07) is 12.6. The molecule has 0 aliphatic carbocycles. The number of pyridine rings is 1. The van der Waals surface area contributed by atoms with Crippen molar-refractivity contribution in [1.29, 1.82) is 0 Å². The second-order valence-electron chi connectivity index (χ2n) is 4.84. The smallest absolute Gasteiger partial charge is 0.242 e. The fourth-order valence-corrected chi connectivity index (χ4v) is 3.02. The maximum atomic E-state index is 12.1. The van der Waals surface area contributed by atoms with Crippen molar-refractivity contribution >= 4 is 10.0 Å². The second-order valence-corrected chi connectivity index (χ2v) is 6.61. The predicted molar refractivity (Wildman–Crippen MR) is 85.7 cm³/mol. The highest BCUT2D eigenvalue weighted by Gasteiger charge is 2.13. The molecule has 0 bridgehead atoms. The molecule has 116 valence electrons. The Morgan fingerprint density at radius 3 is 2.35 bits per heavy atom. The van der Waals surface area contributed by atoms with E-state index in [1.54, 1.807) is 18.5 Å². The molecule has 0 aliphatic heterocycles. The summed E-state index contributed by atoms with van der Waals surface area (Å²) in [5, 5.41) is 7.58. The minimum Gasteiger partial charge on any atom is -0.263 e. The van der Waals surface area contributed by atoms with Gasteiger partial charge in [0.05, 0.1) is 12.4 Å². The summed E-state index contributed by atoms with van der Waals surface area (Å²) in [5.74, 6) is 0. The van der Waals surface area contributed by atoms with E-state index in [9.17, 15) is 8.42 Å². The molecular weight excluding hydrogens is 312 g/mol. The molecule has 0 amide bonds. The Labute approximate surface area is 134 Å². The number of benzene rings is 1. The Balaban J connectivity index is 1.70. The summed E-state index contributed by atoms with van der Waals surface area (Å²) < 4.78 is 26.8. The molecule has 1 aromatic carbocycles. The predicted octanol–water partition coefficient (Wildman–Crippen LogP) is 2.02. The minimum atomic E-state index is -3.55. The van der Waals surface area contributed by atoms with E-state index in [2.05, 4.69) is 19.9 Å². The summed E-state index contributed by atoms with van der Waals surface area (Å²) in [5.41, 5.74) is 2.82. The average Bonchev–Trinajstić information content (AvgIpc) is 2.62. The molecule has 0 fully saturated rings. The summed E-state index contributed by atoms with van der Waals surface area (Å²) >= 11 is 0. The van der Waals surface area contributed by atoms with Crippen molar-refractivity contribution in [2.75, 3.05) is 0 Å². The van der Waals surface area contributed by atoms with Crippen LogP contribution in [0.2, 0.25) is 0 Å². The highest BCUT2D eigenvalue weighted by Crippen LogP contribution is 2.18. The van der Waals surface area contributed by atoms with E-state index in [0.29, 0.717) is 0 Å². The molecule has 3 rings (SSSR count). The highest BCUT2D eigenvalue weighted by molar-refractivity contribution is 7.89. The van der Waals surface area contributed by atoms with Crippen LogP contribution in [0.25, 0.3) is 11.1 Å². The number of nitrogens with zero attached hydrogens (tertiary/aromatic N) is 3. The van der Waals surface area contributed by atoms with Crippen LogP contribution in [0.5, 0.6) is 0 Å². The Bertz CT molecular complexity index is 867. The van der Waals surface area contributed by atoms with Gasteiger partial charge in [-0.15, -0.1) is 0 Å². The minimum absolute atomic E-state index is 0.152. The van der Waals surface area contributed by atoms with Gasteiger partial charge in [-0.1, -0.05) is 24.3 Å². The Kier molecular flexibility index (Phi) is 4.40. The lowest BCUT2D eigenvalue weighted by Crippen LogP contribution is -2.23. The lowest BCUT2D eigenvalue weighted by molar-refractivity contribution is 0.581. The zero-order chi connectivity index (χ0) is 16.1. The number of hydrogen-bond acceptors (Lipinski definition) is 5. The van der Waals surface area contributed by atoms with Crippen LogP contribution in [0, 0.1) is 0 Å². The Morgan fingerprint density at radius 1 is 0.870 bits per heavy atom. The van der Waals surface area contributed by atoms with E-state index in [1.807, 2.05) is 30.3 Å². The average molecular weight is 326 g/mol. The number of aromatic nitrogens is 3. The van der Waals surface area contributed by atoms with Gasteiger partial charge < -0.3 is 0 Å². The first-order valence-electron chi connectivity index (χ1n) is 6.91. The first kappa shape index (κ1) is 15.3. The number of sulfonamides is 1. The van der Waals surface area contributed by atoms with Crippen molar-refractivity contribution in [3.05, 3.63) is 72.8 Å². The van der Waals surface area contributed by atoms with Gasteiger partial charge in [-0.25, -0.2) is 13.1 Å². The van der Waals surface area contributed by atoms with Gasteiger partial charge in [0.2, 0.25) is 10.0 Å². The molecule has 0 radical (unpaired) electrons. The van der Waals surface area contributed by atoms with Crippen LogP contribution in [0.3, 0.4) is 0 Å². The van der Waals surface area contributed by atoms with Crippen molar-refractivity contribution in [3.8, 4) is 11.1 Å². The van der Waals surface area contributed by atoms with Gasteiger partial charge in [0.1, 0.15) is 4.90 Å². The molecule has 0 aliphatic rings. The van der Waals surface area contributed by atoms with Gasteiger partial charge >= 0.3 is 0 Å². The molecule has 2 heterocycles. The summed E-state index contributed by atoms with van der Waals surface area (Å²) in [4.78, 5) is 3.97. The van der Waals surface area contributed by atoms with E-state index < -0.39 is 10.0 Å². The first-order valence-corrected chi connectivity index (χ1v) is 8.39. The lowest BCUT2D eigenvalue weighted by atomic mass is 10.1.